The van der Waals surface area contributed by atoms with Crippen LogP contribution in [0.4, 0.5) is 0 Å². The van der Waals surface area contributed by atoms with Crippen LogP contribution in [0.1, 0.15) is 51.9 Å². The molecule has 1 heterocycles. The van der Waals surface area contributed by atoms with Crippen molar-refractivity contribution in [3.05, 3.63) is 0 Å². The molecule has 0 atom stereocenters. The number of hydrogen-bond acceptors (Lipinski definition) is 2. The minimum Gasteiger partial charge on any atom is -0.314 e. The van der Waals surface area contributed by atoms with Gasteiger partial charge in [-0.15, -0.1) is 0 Å². The lowest BCUT2D eigenvalue weighted by Gasteiger charge is -2.34. The highest BCUT2D eigenvalue weighted by atomic mass is 15.1. The fraction of sp³-hybridized carbons (Fsp3) is 1.00. The van der Waals surface area contributed by atoms with Gasteiger partial charge in [-0.25, -0.2) is 0 Å². The average molecular weight is 224 g/mol. The topological polar surface area (TPSA) is 15.3 Å². The molecule has 0 aromatic heterocycles. The van der Waals surface area contributed by atoms with Crippen molar-refractivity contribution in [2.24, 2.45) is 5.92 Å². The van der Waals surface area contributed by atoms with Crippen LogP contribution in [0.15, 0.2) is 0 Å². The molecule has 0 bridgehead atoms. The Bertz CT molecular complexity index is 181. The predicted molar refractivity (Wildman–Crippen MR) is 69.7 cm³/mol. The van der Waals surface area contributed by atoms with Gasteiger partial charge in [0, 0.05) is 6.04 Å². The molecule has 0 aromatic carbocycles. The Morgan fingerprint density at radius 2 is 1.88 bits per heavy atom. The van der Waals surface area contributed by atoms with Crippen LogP contribution in [0.25, 0.3) is 0 Å². The maximum Gasteiger partial charge on any atom is 0.00914 e. The van der Waals surface area contributed by atoms with Gasteiger partial charge in [0.05, 0.1) is 0 Å². The summed E-state index contributed by atoms with van der Waals surface area (Å²) in [6.45, 7) is 7.47. The Hall–Kier alpha value is -0.0800. The minimum absolute atomic E-state index is 0.805. The van der Waals surface area contributed by atoms with E-state index < -0.39 is 0 Å². The van der Waals surface area contributed by atoms with Gasteiger partial charge in [-0.2, -0.15) is 0 Å². The van der Waals surface area contributed by atoms with Crippen molar-refractivity contribution in [3.63, 3.8) is 0 Å². The van der Waals surface area contributed by atoms with Crippen molar-refractivity contribution in [1.29, 1.82) is 0 Å². The molecule has 2 fully saturated rings. The molecule has 94 valence electrons. The molecule has 1 saturated heterocycles. The van der Waals surface area contributed by atoms with Gasteiger partial charge in [-0.05, 0) is 57.8 Å². The molecule has 2 nitrogen and oxygen atoms in total. The van der Waals surface area contributed by atoms with E-state index in [0.29, 0.717) is 0 Å². The smallest absolute Gasteiger partial charge is 0.00914 e. The molecular weight excluding hydrogens is 196 g/mol. The van der Waals surface area contributed by atoms with E-state index in [2.05, 4.69) is 17.1 Å². The van der Waals surface area contributed by atoms with E-state index in [9.17, 15) is 0 Å². The number of hydrogen-bond donors (Lipinski definition) is 1. The van der Waals surface area contributed by atoms with E-state index in [-0.39, 0.29) is 0 Å². The van der Waals surface area contributed by atoms with Gasteiger partial charge in [0.15, 0.2) is 0 Å². The molecule has 1 N–H and O–H groups in total. The molecule has 0 radical (unpaired) electrons. The number of nitrogens with zero attached hydrogens (tertiary/aromatic N) is 1. The molecule has 16 heavy (non-hydrogen) atoms. The summed E-state index contributed by atoms with van der Waals surface area (Å²) in [5.41, 5.74) is 0. The quantitative estimate of drug-likeness (QED) is 0.746. The van der Waals surface area contributed by atoms with Crippen LogP contribution in [-0.2, 0) is 0 Å². The van der Waals surface area contributed by atoms with Gasteiger partial charge in [0.25, 0.3) is 0 Å². The molecule has 2 aliphatic rings. The van der Waals surface area contributed by atoms with E-state index in [0.717, 1.165) is 12.0 Å². The summed E-state index contributed by atoms with van der Waals surface area (Å²) < 4.78 is 0. The van der Waals surface area contributed by atoms with Gasteiger partial charge < -0.3 is 10.2 Å². The second-order valence-corrected chi connectivity index (χ2v) is 5.66. The van der Waals surface area contributed by atoms with Crippen LogP contribution in [0.2, 0.25) is 0 Å². The number of likely N-dealkylation sites (tertiary alicyclic amines) is 1. The van der Waals surface area contributed by atoms with Gasteiger partial charge in [-0.1, -0.05) is 26.2 Å². The fourth-order valence-corrected chi connectivity index (χ4v) is 2.86. The summed E-state index contributed by atoms with van der Waals surface area (Å²) in [5, 5.41) is 3.65. The normalized spacial score (nSPS) is 24.6. The number of rotatable bonds is 6. The van der Waals surface area contributed by atoms with Gasteiger partial charge in [0.1, 0.15) is 0 Å². The largest absolute Gasteiger partial charge is 0.314 e. The number of nitrogens with one attached hydrogen (secondary N) is 1. The van der Waals surface area contributed by atoms with Crippen LogP contribution in [0, 0.1) is 5.92 Å². The molecular formula is C14H28N2. The van der Waals surface area contributed by atoms with E-state index in [1.54, 1.807) is 0 Å². The molecule has 1 aliphatic carbocycles. The standard InChI is InChI=1S/C14H28N2/c1-2-9-15-14-7-11-16(12-8-14)10-6-13-4-3-5-13/h13-15H,2-12H2,1H3. The zero-order valence-electron chi connectivity index (χ0n) is 10.9. The van der Waals surface area contributed by atoms with Crippen LogP contribution in [0.5, 0.6) is 0 Å². The highest BCUT2D eigenvalue weighted by Gasteiger charge is 2.21. The summed E-state index contributed by atoms with van der Waals surface area (Å²) in [5.74, 6) is 1.08. The molecule has 2 rings (SSSR count). The number of piperidine rings is 1. The van der Waals surface area contributed by atoms with E-state index in [4.69, 9.17) is 0 Å². The highest BCUT2D eigenvalue weighted by molar-refractivity contribution is 4.78. The molecule has 1 saturated carbocycles. The summed E-state index contributed by atoms with van der Waals surface area (Å²) >= 11 is 0. The zero-order chi connectivity index (χ0) is 11.2. The SMILES string of the molecule is CCCNC1CCN(CCC2CCC2)CC1. The van der Waals surface area contributed by atoms with Gasteiger partial charge in [-0.3, -0.25) is 0 Å². The van der Waals surface area contributed by atoms with Gasteiger partial charge >= 0.3 is 0 Å². The summed E-state index contributed by atoms with van der Waals surface area (Å²) in [4.78, 5) is 2.68. The molecule has 2 heteroatoms. The lowest BCUT2D eigenvalue weighted by molar-refractivity contribution is 0.170. The van der Waals surface area contributed by atoms with E-state index in [1.807, 2.05) is 0 Å². The molecule has 0 unspecified atom stereocenters. The minimum atomic E-state index is 0.805. The third-order valence-electron chi connectivity index (χ3n) is 4.35. The second kappa shape index (κ2) is 6.61. The Balaban J connectivity index is 1.53. The molecule has 0 spiro atoms. The van der Waals surface area contributed by atoms with Crippen LogP contribution >= 0.6 is 0 Å². The third kappa shape index (κ3) is 3.74. The Kier molecular flexibility index (Phi) is 5.11. The molecule has 0 aromatic rings. The monoisotopic (exact) mass is 224 g/mol. The Labute approximate surface area is 101 Å². The van der Waals surface area contributed by atoms with Crippen molar-refractivity contribution >= 4 is 0 Å². The van der Waals surface area contributed by atoms with Crippen LogP contribution in [0.3, 0.4) is 0 Å². The third-order valence-corrected chi connectivity index (χ3v) is 4.35. The molecule has 1 aliphatic heterocycles. The van der Waals surface area contributed by atoms with Crippen molar-refractivity contribution in [2.45, 2.75) is 57.9 Å². The highest BCUT2D eigenvalue weighted by Crippen LogP contribution is 2.29. The lowest BCUT2D eigenvalue weighted by atomic mass is 9.83. The van der Waals surface area contributed by atoms with Gasteiger partial charge in [0.2, 0.25) is 0 Å². The maximum atomic E-state index is 3.65. The van der Waals surface area contributed by atoms with Crippen molar-refractivity contribution in [2.75, 3.05) is 26.2 Å². The average Bonchev–Trinajstić information content (AvgIpc) is 2.26. The van der Waals surface area contributed by atoms with Crippen LogP contribution in [-0.4, -0.2) is 37.1 Å². The Morgan fingerprint density at radius 1 is 1.12 bits per heavy atom. The zero-order valence-corrected chi connectivity index (χ0v) is 10.9. The first-order valence-corrected chi connectivity index (χ1v) is 7.34. The fourth-order valence-electron chi connectivity index (χ4n) is 2.86. The van der Waals surface area contributed by atoms with Crippen molar-refractivity contribution < 1.29 is 0 Å². The van der Waals surface area contributed by atoms with E-state index in [1.165, 1.54) is 71.1 Å². The Morgan fingerprint density at radius 3 is 2.44 bits per heavy atom. The lowest BCUT2D eigenvalue weighted by Crippen LogP contribution is -2.43. The van der Waals surface area contributed by atoms with Crippen molar-refractivity contribution in [1.82, 2.24) is 10.2 Å². The summed E-state index contributed by atoms with van der Waals surface area (Å²) in [6, 6.07) is 0.805. The van der Waals surface area contributed by atoms with Crippen LogP contribution < -0.4 is 5.32 Å². The first-order valence-electron chi connectivity index (χ1n) is 7.34. The molecule has 0 amide bonds. The summed E-state index contributed by atoms with van der Waals surface area (Å²) in [7, 11) is 0. The summed E-state index contributed by atoms with van der Waals surface area (Å²) in [6.07, 6.45) is 9.97. The second-order valence-electron chi connectivity index (χ2n) is 5.66. The maximum absolute atomic E-state index is 3.65. The first-order chi connectivity index (χ1) is 7.88. The van der Waals surface area contributed by atoms with E-state index >= 15 is 0 Å². The van der Waals surface area contributed by atoms with Crippen molar-refractivity contribution in [3.8, 4) is 0 Å². The predicted octanol–water partition coefficient (Wildman–Crippen LogP) is 2.64. The first kappa shape index (κ1) is 12.4.